The Morgan fingerprint density at radius 2 is 1.28 bits per heavy atom. The Bertz CT molecular complexity index is 461. The molecule has 0 atom stereocenters. The standard InChI is InChI=1S/C10H12N2O.C6H14N2.2C2H6/c1-12-7-6-11-10(13)8-4-2-3-5-9(8)12;1-7-3-5-8(2)6-4-7;2*1-2/h2-5H,6-7H2,1H3,(H,11,13);3-6H2,1-2H3;2*1-2H3. The van der Waals surface area contributed by atoms with Gasteiger partial charge < -0.3 is 20.0 Å². The fraction of sp³-hybridized carbons (Fsp3) is 0.650. The molecule has 1 aromatic rings. The lowest BCUT2D eigenvalue weighted by Gasteiger charge is -2.28. The van der Waals surface area contributed by atoms with Gasteiger partial charge >= 0.3 is 0 Å². The molecule has 0 aromatic heterocycles. The largest absolute Gasteiger partial charge is 0.372 e. The van der Waals surface area contributed by atoms with Gasteiger partial charge in [0.2, 0.25) is 0 Å². The van der Waals surface area contributed by atoms with E-state index in [1.165, 1.54) is 26.2 Å². The molecule has 144 valence electrons. The van der Waals surface area contributed by atoms with Crippen LogP contribution in [-0.4, -0.2) is 76.1 Å². The first-order chi connectivity index (χ1) is 12.1. The van der Waals surface area contributed by atoms with E-state index in [1.54, 1.807) is 0 Å². The number of rotatable bonds is 0. The Morgan fingerprint density at radius 1 is 0.800 bits per heavy atom. The fourth-order valence-electron chi connectivity index (χ4n) is 2.46. The minimum atomic E-state index is 0.0277. The third-order valence-electron chi connectivity index (χ3n) is 4.02. The van der Waals surface area contributed by atoms with Gasteiger partial charge in [0.05, 0.1) is 5.56 Å². The van der Waals surface area contributed by atoms with Crippen molar-refractivity contribution in [3.05, 3.63) is 29.8 Å². The maximum Gasteiger partial charge on any atom is 0.253 e. The summed E-state index contributed by atoms with van der Waals surface area (Å²) < 4.78 is 0. The highest BCUT2D eigenvalue weighted by atomic mass is 16.1. The Morgan fingerprint density at radius 3 is 1.80 bits per heavy atom. The van der Waals surface area contributed by atoms with Gasteiger partial charge in [0.15, 0.2) is 0 Å². The van der Waals surface area contributed by atoms with Crippen molar-refractivity contribution in [3.63, 3.8) is 0 Å². The zero-order valence-electron chi connectivity index (χ0n) is 17.3. The van der Waals surface area contributed by atoms with E-state index in [-0.39, 0.29) is 5.91 Å². The molecule has 0 aliphatic carbocycles. The zero-order chi connectivity index (χ0) is 19.2. The third-order valence-corrected chi connectivity index (χ3v) is 4.02. The quantitative estimate of drug-likeness (QED) is 0.781. The second kappa shape index (κ2) is 13.7. The predicted octanol–water partition coefficient (Wildman–Crippen LogP) is 2.78. The maximum absolute atomic E-state index is 11.5. The number of carbonyl (C=O) groups is 1. The molecule has 0 spiro atoms. The number of carbonyl (C=O) groups excluding carboxylic acids is 1. The average Bonchev–Trinajstić information content (AvgIpc) is 2.81. The van der Waals surface area contributed by atoms with E-state index in [1.807, 2.05) is 59.0 Å². The normalized spacial score (nSPS) is 17.2. The van der Waals surface area contributed by atoms with Crippen molar-refractivity contribution in [1.29, 1.82) is 0 Å². The fourth-order valence-corrected chi connectivity index (χ4v) is 2.46. The van der Waals surface area contributed by atoms with E-state index >= 15 is 0 Å². The number of likely N-dealkylation sites (N-methyl/N-ethyl adjacent to an activating group) is 3. The molecule has 0 saturated carbocycles. The van der Waals surface area contributed by atoms with Gasteiger partial charge in [0, 0.05) is 52.0 Å². The number of fused-ring (bicyclic) bond motifs is 1. The van der Waals surface area contributed by atoms with Gasteiger partial charge in [0.25, 0.3) is 5.91 Å². The zero-order valence-corrected chi connectivity index (χ0v) is 17.3. The lowest BCUT2D eigenvalue weighted by atomic mass is 10.1. The molecule has 0 unspecified atom stereocenters. The molecular weight excluding hydrogens is 312 g/mol. The summed E-state index contributed by atoms with van der Waals surface area (Å²) in [4.78, 5) is 18.3. The van der Waals surface area contributed by atoms with Crippen LogP contribution in [0.1, 0.15) is 38.1 Å². The van der Waals surface area contributed by atoms with E-state index < -0.39 is 0 Å². The summed E-state index contributed by atoms with van der Waals surface area (Å²) in [6.07, 6.45) is 0. The van der Waals surface area contributed by atoms with Crippen molar-refractivity contribution in [2.75, 3.05) is 65.3 Å². The highest BCUT2D eigenvalue weighted by molar-refractivity contribution is 6.00. The molecule has 3 rings (SSSR count). The van der Waals surface area contributed by atoms with Gasteiger partial charge in [-0.25, -0.2) is 0 Å². The van der Waals surface area contributed by atoms with Gasteiger partial charge in [-0.15, -0.1) is 0 Å². The van der Waals surface area contributed by atoms with Crippen LogP contribution >= 0.6 is 0 Å². The van der Waals surface area contributed by atoms with Crippen LogP contribution in [-0.2, 0) is 0 Å². The SMILES string of the molecule is CC.CC.CN1CCN(C)CC1.CN1CCNC(=O)c2ccccc21. The van der Waals surface area contributed by atoms with Crippen LogP contribution in [0.4, 0.5) is 5.69 Å². The van der Waals surface area contributed by atoms with E-state index in [2.05, 4.69) is 34.1 Å². The Balaban J connectivity index is 0.000000414. The van der Waals surface area contributed by atoms with E-state index in [9.17, 15) is 4.79 Å². The minimum absolute atomic E-state index is 0.0277. The van der Waals surface area contributed by atoms with E-state index in [0.717, 1.165) is 17.8 Å². The lowest BCUT2D eigenvalue weighted by Crippen LogP contribution is -2.42. The second-order valence-corrected chi connectivity index (χ2v) is 5.80. The summed E-state index contributed by atoms with van der Waals surface area (Å²) in [5.74, 6) is 0.0277. The van der Waals surface area contributed by atoms with Crippen molar-refractivity contribution in [3.8, 4) is 0 Å². The van der Waals surface area contributed by atoms with Gasteiger partial charge in [-0.05, 0) is 26.2 Å². The lowest BCUT2D eigenvalue weighted by molar-refractivity contribution is 0.0958. The second-order valence-electron chi connectivity index (χ2n) is 5.80. The molecular formula is C20H38N4O. The van der Waals surface area contributed by atoms with Crippen LogP contribution in [0.15, 0.2) is 24.3 Å². The van der Waals surface area contributed by atoms with Crippen LogP contribution in [0.5, 0.6) is 0 Å². The minimum Gasteiger partial charge on any atom is -0.372 e. The van der Waals surface area contributed by atoms with Crippen LogP contribution in [0, 0.1) is 0 Å². The number of hydrogen-bond donors (Lipinski definition) is 1. The van der Waals surface area contributed by atoms with Crippen LogP contribution in [0.2, 0.25) is 0 Å². The van der Waals surface area contributed by atoms with Crippen molar-refractivity contribution in [2.24, 2.45) is 0 Å². The molecule has 2 aliphatic rings. The molecule has 5 heteroatoms. The van der Waals surface area contributed by atoms with Crippen molar-refractivity contribution in [2.45, 2.75) is 27.7 Å². The van der Waals surface area contributed by atoms with Gasteiger partial charge in [-0.1, -0.05) is 39.8 Å². The average molecular weight is 351 g/mol. The van der Waals surface area contributed by atoms with Crippen molar-refractivity contribution in [1.82, 2.24) is 15.1 Å². The molecule has 2 heterocycles. The molecule has 1 saturated heterocycles. The summed E-state index contributed by atoms with van der Waals surface area (Å²) in [6.45, 7) is 14.5. The smallest absolute Gasteiger partial charge is 0.253 e. The number of hydrogen-bond acceptors (Lipinski definition) is 4. The number of benzene rings is 1. The molecule has 0 radical (unpaired) electrons. The van der Waals surface area contributed by atoms with Gasteiger partial charge in [-0.3, -0.25) is 4.79 Å². The molecule has 1 N–H and O–H groups in total. The third kappa shape index (κ3) is 8.36. The first-order valence-electron chi connectivity index (χ1n) is 9.53. The molecule has 0 bridgehead atoms. The summed E-state index contributed by atoms with van der Waals surface area (Å²) in [6, 6.07) is 7.66. The molecule has 5 nitrogen and oxygen atoms in total. The van der Waals surface area contributed by atoms with Crippen LogP contribution in [0.25, 0.3) is 0 Å². The summed E-state index contributed by atoms with van der Waals surface area (Å²) in [5, 5.41) is 2.85. The molecule has 1 fully saturated rings. The Labute approximate surface area is 155 Å². The number of anilines is 1. The van der Waals surface area contributed by atoms with Crippen molar-refractivity contribution < 1.29 is 4.79 Å². The topological polar surface area (TPSA) is 38.8 Å². The van der Waals surface area contributed by atoms with Gasteiger partial charge in [0.1, 0.15) is 0 Å². The summed E-state index contributed by atoms with van der Waals surface area (Å²) >= 11 is 0. The van der Waals surface area contributed by atoms with Crippen LogP contribution in [0.3, 0.4) is 0 Å². The maximum atomic E-state index is 11.5. The molecule has 2 aliphatic heterocycles. The van der Waals surface area contributed by atoms with Gasteiger partial charge in [-0.2, -0.15) is 0 Å². The highest BCUT2D eigenvalue weighted by Gasteiger charge is 2.16. The van der Waals surface area contributed by atoms with Crippen LogP contribution < -0.4 is 10.2 Å². The Kier molecular flexibility index (Phi) is 12.8. The van der Waals surface area contributed by atoms with E-state index in [0.29, 0.717) is 6.54 Å². The molecule has 1 amide bonds. The monoisotopic (exact) mass is 350 g/mol. The van der Waals surface area contributed by atoms with E-state index in [4.69, 9.17) is 0 Å². The van der Waals surface area contributed by atoms with Crippen molar-refractivity contribution >= 4 is 11.6 Å². The number of nitrogens with one attached hydrogen (secondary N) is 1. The number of piperazine rings is 1. The summed E-state index contributed by atoms with van der Waals surface area (Å²) in [7, 11) is 6.35. The number of para-hydroxylation sites is 1. The highest BCUT2D eigenvalue weighted by Crippen LogP contribution is 2.20. The Hall–Kier alpha value is -1.59. The number of nitrogens with zero attached hydrogens (tertiary/aromatic N) is 3. The first kappa shape index (κ1) is 23.4. The number of amides is 1. The molecule has 1 aromatic carbocycles. The first-order valence-corrected chi connectivity index (χ1v) is 9.53. The predicted molar refractivity (Wildman–Crippen MR) is 110 cm³/mol. The summed E-state index contributed by atoms with van der Waals surface area (Å²) in [5.41, 5.74) is 1.78. The molecule has 25 heavy (non-hydrogen) atoms.